The van der Waals surface area contributed by atoms with Gasteiger partial charge in [0.15, 0.2) is 0 Å². The number of hydrogen-bond donors (Lipinski definition) is 0. The Balaban J connectivity index is 2.06. The lowest BCUT2D eigenvalue weighted by atomic mass is 9.99. The molecule has 2 heterocycles. The zero-order chi connectivity index (χ0) is 11.5. The van der Waals surface area contributed by atoms with Crippen molar-refractivity contribution in [2.75, 3.05) is 13.1 Å². The van der Waals surface area contributed by atoms with E-state index in [1.54, 1.807) is 24.5 Å². The van der Waals surface area contributed by atoms with E-state index in [1.165, 1.54) is 0 Å². The maximum Gasteiger partial charge on any atom is 0.253 e. The molecule has 16 heavy (non-hydrogen) atoms. The van der Waals surface area contributed by atoms with Crippen LogP contribution >= 0.6 is 11.6 Å². The topological polar surface area (TPSA) is 33.2 Å². The molecule has 2 rings (SSSR count). The molecule has 1 aromatic rings. The maximum atomic E-state index is 12.1. The van der Waals surface area contributed by atoms with Gasteiger partial charge < -0.3 is 4.90 Å². The molecule has 0 aromatic carbocycles. The molecule has 0 saturated carbocycles. The highest BCUT2D eigenvalue weighted by atomic mass is 35.5. The summed E-state index contributed by atoms with van der Waals surface area (Å²) in [5.74, 6) is 0.444. The first-order chi connectivity index (χ1) is 7.68. The molecule has 86 valence electrons. The number of carbonyl (C=O) groups excluding carboxylic acids is 1. The van der Waals surface area contributed by atoms with Gasteiger partial charge in [0.25, 0.3) is 5.91 Å². The average molecular weight is 239 g/mol. The second kappa shape index (κ2) is 4.83. The molecule has 2 unspecified atom stereocenters. The van der Waals surface area contributed by atoms with Gasteiger partial charge in [0.05, 0.1) is 0 Å². The van der Waals surface area contributed by atoms with Gasteiger partial charge in [-0.1, -0.05) is 6.92 Å². The monoisotopic (exact) mass is 238 g/mol. The van der Waals surface area contributed by atoms with Gasteiger partial charge in [-0.2, -0.15) is 0 Å². The van der Waals surface area contributed by atoms with E-state index in [0.29, 0.717) is 11.5 Å². The van der Waals surface area contributed by atoms with Crippen molar-refractivity contribution in [2.45, 2.75) is 18.7 Å². The molecule has 1 aromatic heterocycles. The number of halogens is 1. The molecule has 2 atom stereocenters. The van der Waals surface area contributed by atoms with Crippen molar-refractivity contribution in [3.63, 3.8) is 0 Å². The van der Waals surface area contributed by atoms with Crippen molar-refractivity contribution in [1.29, 1.82) is 0 Å². The number of carbonyl (C=O) groups is 1. The van der Waals surface area contributed by atoms with Crippen LogP contribution in [0.5, 0.6) is 0 Å². The Morgan fingerprint density at radius 2 is 2.19 bits per heavy atom. The predicted molar refractivity (Wildman–Crippen MR) is 63.6 cm³/mol. The number of alkyl halides is 1. The molecule has 0 N–H and O–H groups in total. The standard InChI is InChI=1S/C12H15ClN2O/c1-9-8-15(7-4-11(9)13)12(16)10-2-5-14-6-3-10/h2-3,5-6,9,11H,4,7-8H2,1H3. The summed E-state index contributed by atoms with van der Waals surface area (Å²) in [6.45, 7) is 3.58. The van der Waals surface area contributed by atoms with Gasteiger partial charge in [0, 0.05) is 36.4 Å². The van der Waals surface area contributed by atoms with Crippen LogP contribution in [0.3, 0.4) is 0 Å². The van der Waals surface area contributed by atoms with Crippen molar-refractivity contribution in [3.8, 4) is 0 Å². The number of rotatable bonds is 1. The minimum atomic E-state index is 0.0813. The van der Waals surface area contributed by atoms with Gasteiger partial charge in [-0.3, -0.25) is 9.78 Å². The van der Waals surface area contributed by atoms with E-state index in [2.05, 4.69) is 11.9 Å². The largest absolute Gasteiger partial charge is 0.338 e. The lowest BCUT2D eigenvalue weighted by molar-refractivity contribution is 0.0687. The Hall–Kier alpha value is -1.09. The third-order valence-corrected chi connectivity index (χ3v) is 3.66. The number of pyridine rings is 1. The highest BCUT2D eigenvalue weighted by Crippen LogP contribution is 2.22. The summed E-state index contributed by atoms with van der Waals surface area (Å²) in [5.41, 5.74) is 0.704. The molecule has 0 spiro atoms. The molecule has 3 nitrogen and oxygen atoms in total. The van der Waals surface area contributed by atoms with E-state index < -0.39 is 0 Å². The SMILES string of the molecule is CC1CN(C(=O)c2ccncc2)CCC1Cl. The summed E-state index contributed by atoms with van der Waals surface area (Å²) in [4.78, 5) is 17.9. The Bertz CT molecular complexity index is 369. The molecule has 4 heteroatoms. The highest BCUT2D eigenvalue weighted by molar-refractivity contribution is 6.20. The fourth-order valence-corrected chi connectivity index (χ4v) is 2.16. The van der Waals surface area contributed by atoms with Crippen molar-refractivity contribution in [1.82, 2.24) is 9.88 Å². The van der Waals surface area contributed by atoms with E-state index in [1.807, 2.05) is 4.90 Å². The Labute approximate surface area is 100 Å². The Morgan fingerprint density at radius 1 is 1.50 bits per heavy atom. The fourth-order valence-electron chi connectivity index (χ4n) is 1.98. The summed E-state index contributed by atoms with van der Waals surface area (Å²) >= 11 is 6.14. The number of aromatic nitrogens is 1. The van der Waals surface area contributed by atoms with Gasteiger partial charge in [0.1, 0.15) is 0 Å². The smallest absolute Gasteiger partial charge is 0.253 e. The van der Waals surface area contributed by atoms with Crippen molar-refractivity contribution in [3.05, 3.63) is 30.1 Å². The second-order valence-corrected chi connectivity index (χ2v) is 4.83. The third-order valence-electron chi connectivity index (χ3n) is 3.02. The fraction of sp³-hybridized carbons (Fsp3) is 0.500. The van der Waals surface area contributed by atoms with Gasteiger partial charge in [-0.15, -0.1) is 11.6 Å². The second-order valence-electron chi connectivity index (χ2n) is 4.27. The molecule has 0 radical (unpaired) electrons. The Kier molecular flexibility index (Phi) is 3.44. The first-order valence-electron chi connectivity index (χ1n) is 5.52. The van der Waals surface area contributed by atoms with E-state index in [-0.39, 0.29) is 11.3 Å². The molecule has 0 bridgehead atoms. The number of nitrogens with zero attached hydrogens (tertiary/aromatic N) is 2. The van der Waals surface area contributed by atoms with Crippen molar-refractivity contribution in [2.24, 2.45) is 5.92 Å². The molecule has 1 aliphatic heterocycles. The quantitative estimate of drug-likeness (QED) is 0.703. The molecular weight excluding hydrogens is 224 g/mol. The predicted octanol–water partition coefficient (Wildman–Crippen LogP) is 2.17. The molecule has 0 aliphatic carbocycles. The van der Waals surface area contributed by atoms with E-state index in [4.69, 9.17) is 11.6 Å². The molecule has 1 amide bonds. The van der Waals surface area contributed by atoms with Crippen LogP contribution in [-0.2, 0) is 0 Å². The summed E-state index contributed by atoms with van der Waals surface area (Å²) in [7, 11) is 0. The zero-order valence-electron chi connectivity index (χ0n) is 9.27. The number of likely N-dealkylation sites (tertiary alicyclic amines) is 1. The van der Waals surface area contributed by atoms with Gasteiger partial charge >= 0.3 is 0 Å². The number of hydrogen-bond acceptors (Lipinski definition) is 2. The van der Waals surface area contributed by atoms with Crippen molar-refractivity contribution >= 4 is 17.5 Å². The minimum absolute atomic E-state index is 0.0813. The van der Waals surface area contributed by atoms with Crippen LogP contribution in [0.15, 0.2) is 24.5 Å². The van der Waals surface area contributed by atoms with Crippen LogP contribution < -0.4 is 0 Å². The first kappa shape index (κ1) is 11.4. The van der Waals surface area contributed by atoms with Crippen LogP contribution in [0.1, 0.15) is 23.7 Å². The summed E-state index contributed by atoms with van der Waals surface area (Å²) < 4.78 is 0. The molecule has 1 saturated heterocycles. The van der Waals surface area contributed by atoms with Crippen molar-refractivity contribution < 1.29 is 4.79 Å². The average Bonchev–Trinajstić information content (AvgIpc) is 2.33. The molecule has 1 aliphatic rings. The number of piperidine rings is 1. The number of amides is 1. The van der Waals surface area contributed by atoms with Crippen LogP contribution in [0.25, 0.3) is 0 Å². The summed E-state index contributed by atoms with van der Waals surface area (Å²) in [6.07, 6.45) is 4.16. The van der Waals surface area contributed by atoms with Gasteiger partial charge in [-0.25, -0.2) is 0 Å². The van der Waals surface area contributed by atoms with Crippen LogP contribution in [0, 0.1) is 5.92 Å². The Morgan fingerprint density at radius 3 is 2.81 bits per heavy atom. The van der Waals surface area contributed by atoms with E-state index >= 15 is 0 Å². The zero-order valence-corrected chi connectivity index (χ0v) is 10.0. The third kappa shape index (κ3) is 2.35. The summed E-state index contributed by atoms with van der Waals surface area (Å²) in [6, 6.07) is 3.50. The lowest BCUT2D eigenvalue weighted by Crippen LogP contribution is -2.43. The highest BCUT2D eigenvalue weighted by Gasteiger charge is 2.27. The van der Waals surface area contributed by atoms with E-state index in [9.17, 15) is 4.79 Å². The van der Waals surface area contributed by atoms with Crippen LogP contribution in [-0.4, -0.2) is 34.3 Å². The molecular formula is C12H15ClN2O. The van der Waals surface area contributed by atoms with Gasteiger partial charge in [-0.05, 0) is 24.5 Å². The van der Waals surface area contributed by atoms with Crippen LogP contribution in [0.2, 0.25) is 0 Å². The normalized spacial score (nSPS) is 25.5. The van der Waals surface area contributed by atoms with Gasteiger partial charge in [0.2, 0.25) is 0 Å². The first-order valence-corrected chi connectivity index (χ1v) is 5.95. The lowest BCUT2D eigenvalue weighted by Gasteiger charge is -2.34. The van der Waals surface area contributed by atoms with E-state index in [0.717, 1.165) is 19.5 Å². The minimum Gasteiger partial charge on any atom is -0.338 e. The maximum absolute atomic E-state index is 12.1. The molecule has 1 fully saturated rings. The van der Waals surface area contributed by atoms with Crippen LogP contribution in [0.4, 0.5) is 0 Å². The summed E-state index contributed by atoms with van der Waals surface area (Å²) in [5, 5.41) is 0.196.